The van der Waals surface area contributed by atoms with Crippen LogP contribution in [0.1, 0.15) is 42.4 Å². The molecular weight excluding hydrogens is 290 g/mol. The number of amides is 2. The van der Waals surface area contributed by atoms with Crippen LogP contribution in [-0.2, 0) is 24.5 Å². The van der Waals surface area contributed by atoms with Crippen molar-refractivity contribution in [1.82, 2.24) is 10.6 Å². The molecule has 22 heavy (non-hydrogen) atoms. The second kappa shape index (κ2) is 6.20. The Morgan fingerprint density at radius 1 is 1.32 bits per heavy atom. The molecule has 1 saturated carbocycles. The van der Waals surface area contributed by atoms with Crippen molar-refractivity contribution in [2.24, 2.45) is 0 Å². The molecule has 1 aromatic carbocycles. The number of carbonyl (C=O) groups is 1. The van der Waals surface area contributed by atoms with Gasteiger partial charge >= 0.3 is 6.03 Å². The molecule has 0 radical (unpaired) electrons. The summed E-state index contributed by atoms with van der Waals surface area (Å²) in [4.78, 5) is 11.8. The van der Waals surface area contributed by atoms with Crippen LogP contribution < -0.4 is 10.6 Å². The number of rotatable bonds is 3. The third-order valence-electron chi connectivity index (χ3n) is 4.21. The molecule has 1 heterocycles. The molecule has 1 fully saturated rings. The lowest BCUT2D eigenvalue weighted by Gasteiger charge is -2.29. The zero-order chi connectivity index (χ0) is 15.6. The highest BCUT2D eigenvalue weighted by atomic mass is 19.3. The topological polar surface area (TPSA) is 50.4 Å². The van der Waals surface area contributed by atoms with Crippen molar-refractivity contribution in [2.45, 2.75) is 57.4 Å². The van der Waals surface area contributed by atoms with Crippen LogP contribution in [0.15, 0.2) is 18.2 Å². The van der Waals surface area contributed by atoms with E-state index < -0.39 is 12.0 Å². The van der Waals surface area contributed by atoms with E-state index in [9.17, 15) is 13.6 Å². The van der Waals surface area contributed by atoms with E-state index >= 15 is 0 Å². The van der Waals surface area contributed by atoms with Crippen molar-refractivity contribution in [3.05, 3.63) is 34.9 Å². The fourth-order valence-corrected chi connectivity index (χ4v) is 3.05. The van der Waals surface area contributed by atoms with Gasteiger partial charge in [0, 0.05) is 25.4 Å². The van der Waals surface area contributed by atoms with E-state index in [1.54, 1.807) is 0 Å². The first-order valence-corrected chi connectivity index (χ1v) is 7.62. The van der Waals surface area contributed by atoms with Crippen molar-refractivity contribution >= 4 is 6.03 Å². The molecule has 3 rings (SSSR count). The van der Waals surface area contributed by atoms with Gasteiger partial charge in [0.15, 0.2) is 0 Å². The molecule has 120 valence electrons. The maximum atomic E-state index is 13.3. The Morgan fingerprint density at radius 2 is 2.14 bits per heavy atom. The van der Waals surface area contributed by atoms with E-state index in [1.807, 2.05) is 18.2 Å². The number of carbonyl (C=O) groups excluding carboxylic acids is 1. The van der Waals surface area contributed by atoms with Gasteiger partial charge < -0.3 is 15.4 Å². The number of hydrogen-bond donors (Lipinski definition) is 2. The summed E-state index contributed by atoms with van der Waals surface area (Å²) >= 11 is 0. The highest BCUT2D eigenvalue weighted by Gasteiger charge is 2.36. The SMILES string of the molecule is O=C(NCc1ccc2c(c1)COC2)NC1CCCC(F)(F)C1. The first-order valence-electron chi connectivity index (χ1n) is 7.62. The van der Waals surface area contributed by atoms with Crippen LogP contribution in [0.4, 0.5) is 13.6 Å². The molecule has 1 aliphatic heterocycles. The van der Waals surface area contributed by atoms with E-state index in [-0.39, 0.29) is 18.9 Å². The molecule has 4 nitrogen and oxygen atoms in total. The summed E-state index contributed by atoms with van der Waals surface area (Å²) in [5, 5.41) is 5.37. The third-order valence-corrected chi connectivity index (χ3v) is 4.21. The Balaban J connectivity index is 1.48. The van der Waals surface area contributed by atoms with Gasteiger partial charge in [-0.15, -0.1) is 0 Å². The number of fused-ring (bicyclic) bond motifs is 1. The maximum absolute atomic E-state index is 13.3. The highest BCUT2D eigenvalue weighted by Crippen LogP contribution is 2.33. The van der Waals surface area contributed by atoms with Gasteiger partial charge in [-0.3, -0.25) is 0 Å². The lowest BCUT2D eigenvalue weighted by atomic mass is 9.92. The summed E-state index contributed by atoms with van der Waals surface area (Å²) in [5.74, 6) is -2.66. The number of hydrogen-bond acceptors (Lipinski definition) is 2. The Hall–Kier alpha value is -1.69. The van der Waals surface area contributed by atoms with Crippen molar-refractivity contribution in [3.63, 3.8) is 0 Å². The van der Waals surface area contributed by atoms with Crippen molar-refractivity contribution in [1.29, 1.82) is 0 Å². The monoisotopic (exact) mass is 310 g/mol. The van der Waals surface area contributed by atoms with Gasteiger partial charge in [0.1, 0.15) is 0 Å². The molecule has 6 heteroatoms. The largest absolute Gasteiger partial charge is 0.372 e. The maximum Gasteiger partial charge on any atom is 0.315 e. The van der Waals surface area contributed by atoms with Crippen LogP contribution in [0.2, 0.25) is 0 Å². The zero-order valence-corrected chi connectivity index (χ0v) is 12.3. The molecule has 2 amide bonds. The van der Waals surface area contributed by atoms with Gasteiger partial charge in [0.2, 0.25) is 5.92 Å². The molecule has 0 saturated heterocycles. The fourth-order valence-electron chi connectivity index (χ4n) is 3.05. The molecule has 1 unspecified atom stereocenters. The molecule has 0 aromatic heterocycles. The standard InChI is InChI=1S/C16H20F2N2O2/c17-16(18)5-1-2-14(7-16)20-15(21)19-8-11-3-4-12-9-22-10-13(12)6-11/h3-4,6,14H,1-2,5,7-10H2,(H2,19,20,21). The van der Waals surface area contributed by atoms with Gasteiger partial charge in [0.25, 0.3) is 0 Å². The molecule has 1 aliphatic carbocycles. The van der Waals surface area contributed by atoms with Crippen LogP contribution in [0.25, 0.3) is 0 Å². The van der Waals surface area contributed by atoms with Crippen LogP contribution in [-0.4, -0.2) is 18.0 Å². The summed E-state index contributed by atoms with van der Waals surface area (Å²) in [6, 6.07) is 5.12. The molecular formula is C16H20F2N2O2. The van der Waals surface area contributed by atoms with E-state index in [0.29, 0.717) is 32.6 Å². The predicted molar refractivity (Wildman–Crippen MR) is 77.5 cm³/mol. The van der Waals surface area contributed by atoms with Gasteiger partial charge in [-0.25, -0.2) is 13.6 Å². The Labute approximate surface area is 128 Å². The lowest BCUT2D eigenvalue weighted by molar-refractivity contribution is -0.0425. The zero-order valence-electron chi connectivity index (χ0n) is 12.3. The number of urea groups is 1. The normalized spacial score (nSPS) is 22.9. The van der Waals surface area contributed by atoms with E-state index in [4.69, 9.17) is 4.74 Å². The van der Waals surface area contributed by atoms with Crippen LogP contribution in [0, 0.1) is 0 Å². The first kappa shape index (κ1) is 15.2. The molecule has 1 atom stereocenters. The minimum atomic E-state index is -2.66. The lowest BCUT2D eigenvalue weighted by Crippen LogP contribution is -2.46. The van der Waals surface area contributed by atoms with Crippen molar-refractivity contribution < 1.29 is 18.3 Å². The number of benzene rings is 1. The van der Waals surface area contributed by atoms with Crippen molar-refractivity contribution in [2.75, 3.05) is 0 Å². The van der Waals surface area contributed by atoms with Crippen LogP contribution in [0.5, 0.6) is 0 Å². The average molecular weight is 310 g/mol. The third kappa shape index (κ3) is 3.74. The smallest absolute Gasteiger partial charge is 0.315 e. The van der Waals surface area contributed by atoms with E-state index in [0.717, 1.165) is 11.1 Å². The fraction of sp³-hybridized carbons (Fsp3) is 0.562. The molecule has 1 aromatic rings. The number of ether oxygens (including phenoxy) is 1. The van der Waals surface area contributed by atoms with Crippen LogP contribution >= 0.6 is 0 Å². The summed E-state index contributed by atoms with van der Waals surface area (Å²) in [6.07, 6.45) is 0.711. The molecule has 2 N–H and O–H groups in total. The first-order chi connectivity index (χ1) is 10.5. The van der Waals surface area contributed by atoms with Crippen LogP contribution in [0.3, 0.4) is 0 Å². The highest BCUT2D eigenvalue weighted by molar-refractivity contribution is 5.74. The van der Waals surface area contributed by atoms with Gasteiger partial charge in [-0.1, -0.05) is 18.2 Å². The number of nitrogens with one attached hydrogen (secondary N) is 2. The minimum Gasteiger partial charge on any atom is -0.372 e. The Bertz CT molecular complexity index is 563. The summed E-state index contributed by atoms with van der Waals surface area (Å²) in [7, 11) is 0. The van der Waals surface area contributed by atoms with Gasteiger partial charge in [-0.05, 0) is 29.5 Å². The Morgan fingerprint density at radius 3 is 2.95 bits per heavy atom. The summed E-state index contributed by atoms with van der Waals surface area (Å²) in [6.45, 7) is 1.62. The van der Waals surface area contributed by atoms with E-state index in [2.05, 4.69) is 10.6 Å². The minimum absolute atomic E-state index is 0.0794. The average Bonchev–Trinajstić information content (AvgIpc) is 2.91. The second-order valence-electron chi connectivity index (χ2n) is 6.07. The number of alkyl halides is 2. The van der Waals surface area contributed by atoms with E-state index in [1.165, 1.54) is 5.56 Å². The van der Waals surface area contributed by atoms with Crippen molar-refractivity contribution in [3.8, 4) is 0 Å². The molecule has 2 aliphatic rings. The second-order valence-corrected chi connectivity index (χ2v) is 6.07. The number of halogens is 2. The van der Waals surface area contributed by atoms with Gasteiger partial charge in [0.05, 0.1) is 13.2 Å². The van der Waals surface area contributed by atoms with Gasteiger partial charge in [-0.2, -0.15) is 0 Å². The summed E-state index contributed by atoms with van der Waals surface area (Å²) in [5.41, 5.74) is 3.30. The predicted octanol–water partition coefficient (Wildman–Crippen LogP) is 3.09. The Kier molecular flexibility index (Phi) is 4.29. The molecule has 0 bridgehead atoms. The molecule has 0 spiro atoms. The summed E-state index contributed by atoms with van der Waals surface area (Å²) < 4.78 is 31.9. The quantitative estimate of drug-likeness (QED) is 0.901.